The Labute approximate surface area is 146 Å². The lowest BCUT2D eigenvalue weighted by Crippen LogP contribution is -2.29. The molecular formula is C19H22N4O2. The molecule has 2 aromatic heterocycles. The summed E-state index contributed by atoms with van der Waals surface area (Å²) in [7, 11) is 0. The van der Waals surface area contributed by atoms with Crippen molar-refractivity contribution in [3.05, 3.63) is 59.2 Å². The molecule has 1 aliphatic rings. The van der Waals surface area contributed by atoms with Gasteiger partial charge in [-0.3, -0.25) is 4.57 Å². The first kappa shape index (κ1) is 15.9. The van der Waals surface area contributed by atoms with Crippen LogP contribution in [0.4, 0.5) is 5.82 Å². The summed E-state index contributed by atoms with van der Waals surface area (Å²) in [5.41, 5.74) is 1.53. The number of hydrogen-bond acceptors (Lipinski definition) is 5. The van der Waals surface area contributed by atoms with Crippen molar-refractivity contribution >= 4 is 16.9 Å². The highest BCUT2D eigenvalue weighted by Crippen LogP contribution is 2.17. The molecule has 25 heavy (non-hydrogen) atoms. The van der Waals surface area contributed by atoms with Gasteiger partial charge in [0.05, 0.1) is 5.52 Å². The summed E-state index contributed by atoms with van der Waals surface area (Å²) in [6.45, 7) is 4.57. The van der Waals surface area contributed by atoms with Crippen molar-refractivity contribution in [1.29, 1.82) is 0 Å². The van der Waals surface area contributed by atoms with E-state index in [1.54, 1.807) is 10.8 Å². The third kappa shape index (κ3) is 3.58. The average Bonchev–Trinajstić information content (AvgIpc) is 3.22. The van der Waals surface area contributed by atoms with E-state index >= 15 is 0 Å². The second-order valence-electron chi connectivity index (χ2n) is 6.54. The molecule has 1 aliphatic heterocycles. The molecule has 1 atom stereocenters. The molecule has 0 spiro atoms. The van der Waals surface area contributed by atoms with E-state index < -0.39 is 0 Å². The maximum absolute atomic E-state index is 12.0. The lowest BCUT2D eigenvalue weighted by atomic mass is 10.1. The van der Waals surface area contributed by atoms with Gasteiger partial charge in [0.1, 0.15) is 5.82 Å². The first-order chi connectivity index (χ1) is 12.3. The highest BCUT2D eigenvalue weighted by Gasteiger charge is 2.22. The minimum atomic E-state index is -0.270. The molecule has 0 saturated carbocycles. The summed E-state index contributed by atoms with van der Waals surface area (Å²) in [5, 5.41) is 3.40. The number of oxazole rings is 1. The van der Waals surface area contributed by atoms with Crippen molar-refractivity contribution in [2.45, 2.75) is 13.0 Å². The van der Waals surface area contributed by atoms with Crippen molar-refractivity contribution in [3.8, 4) is 0 Å². The zero-order valence-corrected chi connectivity index (χ0v) is 14.1. The van der Waals surface area contributed by atoms with Gasteiger partial charge in [0.15, 0.2) is 5.58 Å². The molecule has 130 valence electrons. The van der Waals surface area contributed by atoms with Crippen LogP contribution in [-0.4, -0.2) is 40.6 Å². The molecule has 0 amide bonds. The van der Waals surface area contributed by atoms with Gasteiger partial charge in [-0.2, -0.15) is 0 Å². The SMILES string of the molecule is O=c1oc2ccccc2n1CCN1CC[C@H](CNc2ccccn2)C1. The number of pyridine rings is 1. The molecule has 1 saturated heterocycles. The molecule has 3 aromatic rings. The molecule has 0 aliphatic carbocycles. The van der Waals surface area contributed by atoms with E-state index in [-0.39, 0.29) is 5.76 Å². The number of likely N-dealkylation sites (tertiary alicyclic amines) is 1. The lowest BCUT2D eigenvalue weighted by Gasteiger charge is -2.16. The standard InChI is InChI=1S/C19H22N4O2/c24-19-23(16-5-1-2-6-17(16)25-19)12-11-22-10-8-15(14-22)13-21-18-7-3-4-9-20-18/h1-7,9,15H,8,10-14H2,(H,20,21)/t15-/m1/s1. The zero-order valence-electron chi connectivity index (χ0n) is 14.1. The molecule has 0 bridgehead atoms. The lowest BCUT2D eigenvalue weighted by molar-refractivity contribution is 0.308. The normalized spacial score (nSPS) is 18.0. The maximum atomic E-state index is 12.0. The molecule has 0 unspecified atom stereocenters. The minimum Gasteiger partial charge on any atom is -0.408 e. The van der Waals surface area contributed by atoms with Crippen LogP contribution in [0.15, 0.2) is 57.9 Å². The summed E-state index contributed by atoms with van der Waals surface area (Å²) in [4.78, 5) is 18.7. The van der Waals surface area contributed by atoms with Gasteiger partial charge in [0, 0.05) is 32.4 Å². The van der Waals surface area contributed by atoms with Crippen molar-refractivity contribution in [2.75, 3.05) is 31.5 Å². The van der Waals surface area contributed by atoms with Gasteiger partial charge in [-0.25, -0.2) is 9.78 Å². The Balaban J connectivity index is 1.31. The number of rotatable bonds is 6. The van der Waals surface area contributed by atoms with Crippen LogP contribution in [0.1, 0.15) is 6.42 Å². The van der Waals surface area contributed by atoms with Gasteiger partial charge in [-0.05, 0) is 43.1 Å². The van der Waals surface area contributed by atoms with Gasteiger partial charge in [-0.1, -0.05) is 18.2 Å². The first-order valence-corrected chi connectivity index (χ1v) is 8.75. The minimum absolute atomic E-state index is 0.270. The monoisotopic (exact) mass is 338 g/mol. The molecule has 1 N–H and O–H groups in total. The Bertz CT molecular complexity index is 887. The number of benzene rings is 1. The third-order valence-electron chi connectivity index (χ3n) is 4.82. The summed E-state index contributed by atoms with van der Waals surface area (Å²) in [6, 6.07) is 13.5. The predicted octanol–water partition coefficient (Wildman–Crippen LogP) is 2.42. The van der Waals surface area contributed by atoms with E-state index in [1.165, 1.54) is 6.42 Å². The quantitative estimate of drug-likeness (QED) is 0.748. The second-order valence-corrected chi connectivity index (χ2v) is 6.54. The van der Waals surface area contributed by atoms with Gasteiger partial charge >= 0.3 is 5.76 Å². The van der Waals surface area contributed by atoms with Crippen LogP contribution in [0.25, 0.3) is 11.1 Å². The highest BCUT2D eigenvalue weighted by molar-refractivity contribution is 5.72. The van der Waals surface area contributed by atoms with E-state index in [2.05, 4.69) is 15.2 Å². The summed E-state index contributed by atoms with van der Waals surface area (Å²) in [6.07, 6.45) is 2.97. The van der Waals surface area contributed by atoms with Crippen LogP contribution in [0.5, 0.6) is 0 Å². The van der Waals surface area contributed by atoms with Crippen LogP contribution in [-0.2, 0) is 6.54 Å². The fraction of sp³-hybridized carbons (Fsp3) is 0.368. The Hall–Kier alpha value is -2.60. The van der Waals surface area contributed by atoms with Crippen molar-refractivity contribution in [2.24, 2.45) is 5.92 Å². The number of para-hydroxylation sites is 2. The van der Waals surface area contributed by atoms with Gasteiger partial charge < -0.3 is 14.6 Å². The number of aromatic nitrogens is 2. The zero-order chi connectivity index (χ0) is 17.1. The first-order valence-electron chi connectivity index (χ1n) is 8.75. The van der Waals surface area contributed by atoms with Crippen LogP contribution >= 0.6 is 0 Å². The average molecular weight is 338 g/mol. The fourth-order valence-electron chi connectivity index (χ4n) is 3.47. The van der Waals surface area contributed by atoms with Gasteiger partial charge in [0.25, 0.3) is 0 Å². The predicted molar refractivity (Wildman–Crippen MR) is 97.7 cm³/mol. The summed E-state index contributed by atoms with van der Waals surface area (Å²) >= 11 is 0. The molecule has 0 radical (unpaired) electrons. The number of hydrogen-bond donors (Lipinski definition) is 1. The number of nitrogens with one attached hydrogen (secondary N) is 1. The topological polar surface area (TPSA) is 63.3 Å². The largest absolute Gasteiger partial charge is 0.419 e. The molecule has 4 rings (SSSR count). The van der Waals surface area contributed by atoms with Gasteiger partial charge in [0.2, 0.25) is 0 Å². The van der Waals surface area contributed by atoms with Crippen LogP contribution < -0.4 is 11.1 Å². The van der Waals surface area contributed by atoms with E-state index in [1.807, 2.05) is 42.5 Å². The summed E-state index contributed by atoms with van der Waals surface area (Å²) < 4.78 is 7.03. The van der Waals surface area contributed by atoms with Crippen molar-refractivity contribution < 1.29 is 4.42 Å². The maximum Gasteiger partial charge on any atom is 0.419 e. The number of nitrogens with zero attached hydrogens (tertiary/aromatic N) is 3. The Kier molecular flexibility index (Phi) is 4.52. The fourth-order valence-corrected chi connectivity index (χ4v) is 3.47. The molecule has 6 nitrogen and oxygen atoms in total. The van der Waals surface area contributed by atoms with E-state index in [0.717, 1.165) is 37.5 Å². The van der Waals surface area contributed by atoms with E-state index in [0.29, 0.717) is 18.0 Å². The number of fused-ring (bicyclic) bond motifs is 1. The summed E-state index contributed by atoms with van der Waals surface area (Å²) in [5.74, 6) is 1.27. The third-order valence-corrected chi connectivity index (χ3v) is 4.82. The Morgan fingerprint density at radius 1 is 1.16 bits per heavy atom. The molecule has 6 heteroatoms. The molecule has 3 heterocycles. The smallest absolute Gasteiger partial charge is 0.408 e. The van der Waals surface area contributed by atoms with E-state index in [9.17, 15) is 4.79 Å². The van der Waals surface area contributed by atoms with Crippen LogP contribution in [0.2, 0.25) is 0 Å². The second kappa shape index (κ2) is 7.11. The van der Waals surface area contributed by atoms with Crippen LogP contribution in [0.3, 0.4) is 0 Å². The van der Waals surface area contributed by atoms with Crippen molar-refractivity contribution in [3.63, 3.8) is 0 Å². The Morgan fingerprint density at radius 2 is 2.04 bits per heavy atom. The number of anilines is 1. The molecular weight excluding hydrogens is 316 g/mol. The highest BCUT2D eigenvalue weighted by atomic mass is 16.4. The van der Waals surface area contributed by atoms with Crippen molar-refractivity contribution in [1.82, 2.24) is 14.5 Å². The van der Waals surface area contributed by atoms with Crippen LogP contribution in [0, 0.1) is 5.92 Å². The molecule has 1 aromatic carbocycles. The molecule has 1 fully saturated rings. The van der Waals surface area contributed by atoms with Gasteiger partial charge in [-0.15, -0.1) is 0 Å². The van der Waals surface area contributed by atoms with E-state index in [4.69, 9.17) is 4.42 Å². The Morgan fingerprint density at radius 3 is 2.92 bits per heavy atom.